The number of nitrogens with two attached hydrogens (primary N) is 1. The Labute approximate surface area is 117 Å². The molecular formula is C12H10INO2S. The Hall–Kier alpha value is -1.08. The Morgan fingerprint density at radius 1 is 1.35 bits per heavy atom. The largest absolute Gasteiger partial charge is 0.465 e. The van der Waals surface area contributed by atoms with Gasteiger partial charge in [0.15, 0.2) is 0 Å². The Morgan fingerprint density at radius 3 is 2.59 bits per heavy atom. The number of esters is 1. The highest BCUT2D eigenvalue weighted by atomic mass is 127. The minimum atomic E-state index is -0.385. The van der Waals surface area contributed by atoms with Crippen LogP contribution in [0.3, 0.4) is 0 Å². The molecule has 5 heteroatoms. The average Bonchev–Trinajstić information content (AvgIpc) is 2.71. The van der Waals surface area contributed by atoms with Gasteiger partial charge in [0, 0.05) is 8.45 Å². The summed E-state index contributed by atoms with van der Waals surface area (Å²) >= 11 is 3.60. The first-order valence-electron chi connectivity index (χ1n) is 4.85. The maximum absolute atomic E-state index is 11.4. The summed E-state index contributed by atoms with van der Waals surface area (Å²) in [4.78, 5) is 12.9. The highest BCUT2D eigenvalue weighted by molar-refractivity contribution is 14.1. The van der Waals surface area contributed by atoms with Gasteiger partial charge in [-0.3, -0.25) is 0 Å². The molecule has 2 rings (SSSR count). The van der Waals surface area contributed by atoms with Gasteiger partial charge >= 0.3 is 5.97 Å². The summed E-state index contributed by atoms with van der Waals surface area (Å²) in [5.41, 5.74) is 7.31. The van der Waals surface area contributed by atoms with Crippen LogP contribution in [0.15, 0.2) is 30.3 Å². The van der Waals surface area contributed by atoms with Crippen molar-refractivity contribution in [3.63, 3.8) is 0 Å². The van der Waals surface area contributed by atoms with E-state index in [-0.39, 0.29) is 5.97 Å². The van der Waals surface area contributed by atoms with E-state index in [1.807, 2.05) is 24.3 Å². The zero-order valence-electron chi connectivity index (χ0n) is 9.07. The summed E-state index contributed by atoms with van der Waals surface area (Å²) in [6.45, 7) is 0. The lowest BCUT2D eigenvalue weighted by Gasteiger charge is -1.97. The molecule has 1 aromatic heterocycles. The average molecular weight is 359 g/mol. The molecule has 1 aromatic carbocycles. The van der Waals surface area contributed by atoms with Crippen LogP contribution in [0.1, 0.15) is 9.67 Å². The fourth-order valence-electron chi connectivity index (χ4n) is 1.41. The first-order chi connectivity index (χ1) is 8.11. The molecule has 0 aliphatic rings. The lowest BCUT2D eigenvalue weighted by atomic mass is 10.2. The molecule has 0 saturated heterocycles. The molecule has 2 aromatic rings. The number of carbonyl (C=O) groups is 1. The van der Waals surface area contributed by atoms with Crippen molar-refractivity contribution >= 4 is 45.6 Å². The van der Waals surface area contributed by atoms with Gasteiger partial charge in [0.25, 0.3) is 0 Å². The molecule has 0 aliphatic carbocycles. The van der Waals surface area contributed by atoms with Crippen molar-refractivity contribution in [1.29, 1.82) is 0 Å². The molecule has 88 valence electrons. The van der Waals surface area contributed by atoms with E-state index >= 15 is 0 Å². The van der Waals surface area contributed by atoms with E-state index in [4.69, 9.17) is 5.73 Å². The van der Waals surface area contributed by atoms with Gasteiger partial charge in [0.05, 0.1) is 12.8 Å². The van der Waals surface area contributed by atoms with Gasteiger partial charge in [-0.15, -0.1) is 11.3 Å². The summed E-state index contributed by atoms with van der Waals surface area (Å²) < 4.78 is 5.85. The smallest absolute Gasteiger partial charge is 0.350 e. The van der Waals surface area contributed by atoms with Crippen LogP contribution in [-0.4, -0.2) is 13.1 Å². The van der Waals surface area contributed by atoms with Crippen molar-refractivity contribution in [2.45, 2.75) is 0 Å². The fourth-order valence-corrected chi connectivity index (χ4v) is 2.78. The minimum absolute atomic E-state index is 0.385. The van der Waals surface area contributed by atoms with Crippen LogP contribution in [0.25, 0.3) is 10.4 Å². The molecule has 0 saturated carbocycles. The molecule has 0 aliphatic heterocycles. The van der Waals surface area contributed by atoms with E-state index in [1.165, 1.54) is 22.0 Å². The van der Waals surface area contributed by atoms with Crippen molar-refractivity contribution in [3.8, 4) is 10.4 Å². The zero-order valence-corrected chi connectivity index (χ0v) is 12.0. The lowest BCUT2D eigenvalue weighted by Crippen LogP contribution is -2.00. The van der Waals surface area contributed by atoms with E-state index < -0.39 is 0 Å². The van der Waals surface area contributed by atoms with Crippen LogP contribution in [0, 0.1) is 3.57 Å². The number of ether oxygens (including phenoxy) is 1. The quantitative estimate of drug-likeness (QED) is 0.661. The van der Waals surface area contributed by atoms with E-state index in [2.05, 4.69) is 27.3 Å². The number of hydrogen-bond donors (Lipinski definition) is 1. The van der Waals surface area contributed by atoms with Crippen LogP contribution < -0.4 is 5.73 Å². The van der Waals surface area contributed by atoms with E-state index in [0.717, 1.165) is 10.4 Å². The molecule has 0 radical (unpaired) electrons. The van der Waals surface area contributed by atoms with Crippen molar-refractivity contribution in [3.05, 3.63) is 38.8 Å². The molecule has 2 N–H and O–H groups in total. The Morgan fingerprint density at radius 2 is 2.00 bits per heavy atom. The van der Waals surface area contributed by atoms with Crippen molar-refractivity contribution in [2.24, 2.45) is 0 Å². The number of methoxy groups -OCH3 is 1. The number of nitrogen functional groups attached to an aromatic ring is 1. The van der Waals surface area contributed by atoms with Gasteiger partial charge in [-0.2, -0.15) is 0 Å². The SMILES string of the molecule is COC(=O)c1sc(-c2ccc(I)cc2)cc1N. The third-order valence-corrected chi connectivity index (χ3v) is 4.16. The summed E-state index contributed by atoms with van der Waals surface area (Å²) in [7, 11) is 1.35. The van der Waals surface area contributed by atoms with Gasteiger partial charge < -0.3 is 10.5 Å². The Kier molecular flexibility index (Phi) is 3.68. The third kappa shape index (κ3) is 2.61. The predicted octanol–water partition coefficient (Wildman–Crippen LogP) is 3.39. The number of carbonyl (C=O) groups excluding carboxylic acids is 1. The fraction of sp³-hybridized carbons (Fsp3) is 0.0833. The molecule has 0 amide bonds. The van der Waals surface area contributed by atoms with Gasteiger partial charge in [-0.1, -0.05) is 12.1 Å². The maximum Gasteiger partial charge on any atom is 0.350 e. The van der Waals surface area contributed by atoms with E-state index in [9.17, 15) is 4.79 Å². The van der Waals surface area contributed by atoms with Crippen LogP contribution >= 0.6 is 33.9 Å². The van der Waals surface area contributed by atoms with Crippen LogP contribution in [0.2, 0.25) is 0 Å². The second-order valence-corrected chi connectivity index (χ2v) is 5.69. The van der Waals surface area contributed by atoms with Crippen molar-refractivity contribution in [2.75, 3.05) is 12.8 Å². The maximum atomic E-state index is 11.4. The minimum Gasteiger partial charge on any atom is -0.465 e. The summed E-state index contributed by atoms with van der Waals surface area (Å²) in [6.07, 6.45) is 0. The van der Waals surface area contributed by atoms with E-state index in [1.54, 1.807) is 6.07 Å². The van der Waals surface area contributed by atoms with E-state index in [0.29, 0.717) is 10.6 Å². The summed E-state index contributed by atoms with van der Waals surface area (Å²) in [5, 5.41) is 0. The van der Waals surface area contributed by atoms with Crippen molar-refractivity contribution < 1.29 is 9.53 Å². The molecule has 0 atom stereocenters. The second-order valence-electron chi connectivity index (χ2n) is 3.39. The molecule has 0 unspecified atom stereocenters. The standard InChI is InChI=1S/C12H10INO2S/c1-16-12(15)11-9(14)6-10(17-11)7-2-4-8(13)5-3-7/h2-6H,14H2,1H3. The molecule has 1 heterocycles. The third-order valence-electron chi connectivity index (χ3n) is 2.26. The number of rotatable bonds is 2. The molecule has 17 heavy (non-hydrogen) atoms. The Bertz CT molecular complexity index is 548. The molecule has 3 nitrogen and oxygen atoms in total. The highest BCUT2D eigenvalue weighted by Gasteiger charge is 2.15. The predicted molar refractivity (Wildman–Crippen MR) is 78.2 cm³/mol. The normalized spacial score (nSPS) is 10.2. The number of halogens is 1. The number of thiophene rings is 1. The zero-order chi connectivity index (χ0) is 12.4. The monoisotopic (exact) mass is 359 g/mol. The first-order valence-corrected chi connectivity index (χ1v) is 6.75. The van der Waals surface area contributed by atoms with Crippen LogP contribution in [0.5, 0.6) is 0 Å². The number of anilines is 1. The van der Waals surface area contributed by atoms with Gasteiger partial charge in [0.2, 0.25) is 0 Å². The van der Waals surface area contributed by atoms with Crippen LogP contribution in [-0.2, 0) is 4.74 Å². The first kappa shape index (κ1) is 12.4. The number of hydrogen-bond acceptors (Lipinski definition) is 4. The molecule has 0 bridgehead atoms. The highest BCUT2D eigenvalue weighted by Crippen LogP contribution is 2.33. The molecular weight excluding hydrogens is 349 g/mol. The Balaban J connectivity index is 2.41. The van der Waals surface area contributed by atoms with Crippen molar-refractivity contribution in [1.82, 2.24) is 0 Å². The summed E-state index contributed by atoms with van der Waals surface area (Å²) in [6, 6.07) is 9.86. The van der Waals surface area contributed by atoms with Crippen LogP contribution in [0.4, 0.5) is 5.69 Å². The van der Waals surface area contributed by atoms with Gasteiger partial charge in [0.1, 0.15) is 4.88 Å². The van der Waals surface area contributed by atoms with Gasteiger partial charge in [-0.25, -0.2) is 4.79 Å². The number of benzene rings is 1. The molecule has 0 fully saturated rings. The summed E-state index contributed by atoms with van der Waals surface area (Å²) in [5.74, 6) is -0.385. The molecule has 0 spiro atoms. The van der Waals surface area contributed by atoms with Gasteiger partial charge in [-0.05, 0) is 46.4 Å². The lowest BCUT2D eigenvalue weighted by molar-refractivity contribution is 0.0607. The topological polar surface area (TPSA) is 52.3 Å². The second kappa shape index (κ2) is 5.05.